The van der Waals surface area contributed by atoms with Crippen LogP contribution in [0.4, 0.5) is 0 Å². The second-order valence-electron chi connectivity index (χ2n) is 12.8. The van der Waals surface area contributed by atoms with Gasteiger partial charge in [-0.3, -0.25) is 4.57 Å². The Kier molecular flexibility index (Phi) is 4.80. The van der Waals surface area contributed by atoms with Crippen LogP contribution in [0.15, 0.2) is 182 Å². The standard InChI is InChI=1S/C47H30N4/c1-2-14-31(15-3-1)33-16-4-9-21-40(33)50-42-23-11-5-19-36(42)38-27-26-32(28-45(38)50)49-41-22-10-8-20-37(41)39-30-48-47(29-46(39)49)51-43-24-12-6-17-34(43)35-18-7-13-25-44(35)51/h1-30H/i8D,10D,20D,22D,29D,30D. The lowest BCUT2D eigenvalue weighted by Crippen LogP contribution is -2.00. The Hall–Kier alpha value is -6.91. The minimum absolute atomic E-state index is 0.00405. The van der Waals surface area contributed by atoms with Gasteiger partial charge in [0.25, 0.3) is 0 Å². The van der Waals surface area contributed by atoms with Crippen LogP contribution in [0.5, 0.6) is 0 Å². The molecule has 0 aliphatic rings. The summed E-state index contributed by atoms with van der Waals surface area (Å²) in [7, 11) is 0. The quantitative estimate of drug-likeness (QED) is 0.185. The molecule has 0 saturated heterocycles. The van der Waals surface area contributed by atoms with E-state index in [1.807, 2.05) is 114 Å². The summed E-state index contributed by atoms with van der Waals surface area (Å²) in [5, 5.41) is 4.37. The van der Waals surface area contributed by atoms with Crippen molar-refractivity contribution in [3.8, 4) is 28.3 Å². The molecule has 0 saturated carbocycles. The Morgan fingerprint density at radius 2 is 1.04 bits per heavy atom. The Labute approximate surface area is 302 Å². The maximum Gasteiger partial charge on any atom is 0.139 e. The lowest BCUT2D eigenvalue weighted by molar-refractivity contribution is 1.08. The van der Waals surface area contributed by atoms with Crippen LogP contribution in [0.3, 0.4) is 0 Å². The van der Waals surface area contributed by atoms with Crippen LogP contribution in [0.25, 0.3) is 93.7 Å². The van der Waals surface area contributed by atoms with Gasteiger partial charge in [0, 0.05) is 55.8 Å². The van der Waals surface area contributed by atoms with E-state index in [0.717, 1.165) is 60.4 Å². The van der Waals surface area contributed by atoms with Gasteiger partial charge in [-0.2, -0.15) is 0 Å². The van der Waals surface area contributed by atoms with E-state index in [2.05, 4.69) is 41.0 Å². The summed E-state index contributed by atoms with van der Waals surface area (Å²) in [4.78, 5) is 4.77. The number of aromatic nitrogens is 4. The molecule has 0 N–H and O–H groups in total. The smallest absolute Gasteiger partial charge is 0.139 e. The highest BCUT2D eigenvalue weighted by atomic mass is 15.1. The molecule has 0 unspecified atom stereocenters. The highest BCUT2D eigenvalue weighted by molar-refractivity contribution is 6.13. The zero-order valence-electron chi connectivity index (χ0n) is 33.1. The molecule has 0 aliphatic heterocycles. The molecule has 0 radical (unpaired) electrons. The second kappa shape index (κ2) is 10.8. The number of benzene rings is 7. The zero-order chi connectivity index (χ0) is 38.7. The number of fused-ring (bicyclic) bond motifs is 9. The average molecular weight is 657 g/mol. The van der Waals surface area contributed by atoms with Crippen molar-refractivity contribution < 1.29 is 8.22 Å². The lowest BCUT2D eigenvalue weighted by Gasteiger charge is -2.15. The van der Waals surface area contributed by atoms with Gasteiger partial charge in [-0.1, -0.05) is 127 Å². The molecule has 4 nitrogen and oxygen atoms in total. The predicted molar refractivity (Wildman–Crippen MR) is 213 cm³/mol. The van der Waals surface area contributed by atoms with Crippen molar-refractivity contribution in [2.45, 2.75) is 0 Å². The van der Waals surface area contributed by atoms with Crippen molar-refractivity contribution in [2.75, 3.05) is 0 Å². The van der Waals surface area contributed by atoms with Gasteiger partial charge in [-0.15, -0.1) is 0 Å². The van der Waals surface area contributed by atoms with Crippen LogP contribution in [0.2, 0.25) is 0 Å². The molecule has 4 heteroatoms. The van der Waals surface area contributed by atoms with Gasteiger partial charge in [-0.25, -0.2) is 4.98 Å². The fraction of sp³-hybridized carbons (Fsp3) is 0. The van der Waals surface area contributed by atoms with Crippen molar-refractivity contribution in [3.05, 3.63) is 182 Å². The summed E-state index contributed by atoms with van der Waals surface area (Å²) >= 11 is 0. The minimum Gasteiger partial charge on any atom is -0.309 e. The SMILES string of the molecule is [2H]c1c([2H])c([2H])c2c(c1[2H])c1c([2H])nc(-n3c4ccccc4c4ccccc43)c([2H])c1n2-c1ccc2c3ccccc3n(-c3ccccc3-c3ccccc3)c2c1. The van der Waals surface area contributed by atoms with E-state index in [0.29, 0.717) is 5.69 Å². The summed E-state index contributed by atoms with van der Waals surface area (Å²) in [6.45, 7) is 0. The Balaban J connectivity index is 1.29. The highest BCUT2D eigenvalue weighted by Crippen LogP contribution is 2.40. The Bertz CT molecular complexity index is 3440. The number of para-hydroxylation sites is 5. The van der Waals surface area contributed by atoms with Gasteiger partial charge < -0.3 is 9.13 Å². The third kappa shape index (κ3) is 4.05. The topological polar surface area (TPSA) is 27.7 Å². The molecule has 0 fully saturated rings. The normalized spacial score (nSPS) is 13.6. The van der Waals surface area contributed by atoms with E-state index < -0.39 is 12.1 Å². The molecule has 0 spiro atoms. The summed E-state index contributed by atoms with van der Waals surface area (Å²) in [6.07, 6.45) is -0.182. The Morgan fingerprint density at radius 3 is 1.78 bits per heavy atom. The van der Waals surface area contributed by atoms with Crippen molar-refractivity contribution in [2.24, 2.45) is 0 Å². The van der Waals surface area contributed by atoms with Crippen LogP contribution >= 0.6 is 0 Å². The molecule has 0 atom stereocenters. The maximum absolute atomic E-state index is 9.98. The number of nitrogens with zero attached hydrogens (tertiary/aromatic N) is 4. The molecule has 11 rings (SSSR count). The fourth-order valence-electron chi connectivity index (χ4n) is 7.87. The number of hydrogen-bond donors (Lipinski definition) is 0. The van der Waals surface area contributed by atoms with E-state index in [9.17, 15) is 4.11 Å². The number of pyridine rings is 1. The molecule has 0 aliphatic carbocycles. The van der Waals surface area contributed by atoms with Crippen molar-refractivity contribution >= 4 is 65.4 Å². The molecule has 4 heterocycles. The predicted octanol–water partition coefficient (Wildman–Crippen LogP) is 12.0. The summed E-state index contributed by atoms with van der Waals surface area (Å²) in [6, 6.07) is 47.3. The average Bonchev–Trinajstić information content (AvgIpc) is 3.90. The number of hydrogen-bond acceptors (Lipinski definition) is 1. The largest absolute Gasteiger partial charge is 0.309 e. The first-order valence-corrected chi connectivity index (χ1v) is 16.9. The van der Waals surface area contributed by atoms with Crippen LogP contribution in [-0.2, 0) is 0 Å². The van der Waals surface area contributed by atoms with E-state index in [4.69, 9.17) is 9.10 Å². The molecule has 238 valence electrons. The van der Waals surface area contributed by atoms with Gasteiger partial charge >= 0.3 is 0 Å². The second-order valence-corrected chi connectivity index (χ2v) is 12.8. The molecule has 4 aromatic heterocycles. The van der Waals surface area contributed by atoms with Gasteiger partial charge in [0.05, 0.1) is 47.0 Å². The van der Waals surface area contributed by atoms with Gasteiger partial charge in [0.15, 0.2) is 0 Å². The van der Waals surface area contributed by atoms with Gasteiger partial charge in [0.1, 0.15) is 5.82 Å². The van der Waals surface area contributed by atoms with Gasteiger partial charge in [-0.05, 0) is 48.0 Å². The van der Waals surface area contributed by atoms with Gasteiger partial charge in [0.2, 0.25) is 0 Å². The third-order valence-electron chi connectivity index (χ3n) is 10.0. The van der Waals surface area contributed by atoms with Crippen LogP contribution in [-0.4, -0.2) is 18.7 Å². The van der Waals surface area contributed by atoms with E-state index in [1.165, 1.54) is 0 Å². The monoisotopic (exact) mass is 656 g/mol. The van der Waals surface area contributed by atoms with Crippen molar-refractivity contribution in [1.29, 1.82) is 0 Å². The van der Waals surface area contributed by atoms with Crippen LogP contribution < -0.4 is 0 Å². The fourth-order valence-corrected chi connectivity index (χ4v) is 7.87. The first-order valence-electron chi connectivity index (χ1n) is 19.9. The van der Waals surface area contributed by atoms with E-state index in [1.54, 1.807) is 4.57 Å². The Morgan fingerprint density at radius 1 is 0.431 bits per heavy atom. The molecular formula is C47H30N4. The van der Waals surface area contributed by atoms with Crippen LogP contribution in [0, 0.1) is 0 Å². The molecule has 51 heavy (non-hydrogen) atoms. The van der Waals surface area contributed by atoms with Crippen LogP contribution in [0.1, 0.15) is 8.22 Å². The minimum atomic E-state index is -0.406. The van der Waals surface area contributed by atoms with E-state index >= 15 is 0 Å². The first kappa shape index (κ1) is 22.7. The maximum atomic E-state index is 9.98. The van der Waals surface area contributed by atoms with Crippen molar-refractivity contribution in [3.63, 3.8) is 0 Å². The molecule has 7 aromatic carbocycles. The summed E-state index contributed by atoms with van der Waals surface area (Å²) < 4.78 is 61.2. The molecule has 11 aromatic rings. The number of rotatable bonds is 4. The van der Waals surface area contributed by atoms with Crippen molar-refractivity contribution in [1.82, 2.24) is 18.7 Å². The summed E-state index contributed by atoms with van der Waals surface area (Å²) in [5.41, 5.74) is 7.68. The van der Waals surface area contributed by atoms with E-state index in [-0.39, 0.29) is 51.9 Å². The summed E-state index contributed by atoms with van der Waals surface area (Å²) in [5.74, 6) is 0.233. The third-order valence-corrected chi connectivity index (χ3v) is 10.0. The zero-order valence-corrected chi connectivity index (χ0v) is 27.1. The molecule has 0 amide bonds. The lowest BCUT2D eigenvalue weighted by atomic mass is 10.0. The molecular weight excluding hydrogens is 621 g/mol. The highest BCUT2D eigenvalue weighted by Gasteiger charge is 2.20. The molecule has 0 bridgehead atoms. The first-order chi connectivity index (χ1) is 27.8.